The molecule has 1 N–H and O–H groups in total. The van der Waals surface area contributed by atoms with Crippen LogP contribution in [0.5, 0.6) is 5.75 Å². The molecule has 1 aromatic rings. The molecule has 0 saturated heterocycles. The lowest BCUT2D eigenvalue weighted by molar-refractivity contribution is -0.149. The van der Waals surface area contributed by atoms with Crippen molar-refractivity contribution in [2.24, 2.45) is 11.8 Å². The van der Waals surface area contributed by atoms with Gasteiger partial charge in [0, 0.05) is 5.57 Å². The molecule has 200 valence electrons. The highest BCUT2D eigenvalue weighted by Crippen LogP contribution is 2.33. The zero-order valence-electron chi connectivity index (χ0n) is 22.5. The van der Waals surface area contributed by atoms with Crippen LogP contribution in [0.4, 0.5) is 0 Å². The molecule has 1 aliphatic rings. The van der Waals surface area contributed by atoms with E-state index in [2.05, 4.69) is 10.1 Å². The van der Waals surface area contributed by atoms with E-state index < -0.39 is 42.1 Å². The number of esters is 1. The fourth-order valence-electron chi connectivity index (χ4n) is 3.75. The van der Waals surface area contributed by atoms with Crippen LogP contribution in [0, 0.1) is 11.8 Å². The molecule has 1 heterocycles. The van der Waals surface area contributed by atoms with Gasteiger partial charge in [0.15, 0.2) is 0 Å². The molecule has 0 aromatic heterocycles. The van der Waals surface area contributed by atoms with Crippen molar-refractivity contribution >= 4 is 35.0 Å². The van der Waals surface area contributed by atoms with Gasteiger partial charge in [-0.15, -0.1) is 0 Å². The van der Waals surface area contributed by atoms with Gasteiger partial charge in [-0.3, -0.25) is 24.1 Å². The summed E-state index contributed by atoms with van der Waals surface area (Å²) in [5.74, 6) is -3.68. The number of carbonyl (C=O) groups is 5. The minimum Gasteiger partial charge on any atom is -0.490 e. The molecule has 1 atom stereocenters. The third kappa shape index (κ3) is 7.62. The van der Waals surface area contributed by atoms with Gasteiger partial charge in [0.05, 0.1) is 19.2 Å². The number of ketones is 1. The predicted octanol–water partition coefficient (Wildman–Crippen LogP) is 3.08. The number of Topliss-reactive ketones (excluding diaryl/α,β-unsaturated/α-hetero) is 1. The number of rotatable bonds is 12. The van der Waals surface area contributed by atoms with Crippen LogP contribution in [0.1, 0.15) is 53.5 Å². The second-order valence-corrected chi connectivity index (χ2v) is 9.91. The molecule has 0 bridgehead atoms. The molecule has 2 rings (SSSR count). The Kier molecular flexibility index (Phi) is 10.3. The molecule has 3 amide bonds. The van der Waals surface area contributed by atoms with Gasteiger partial charge in [-0.2, -0.15) is 0 Å². The highest BCUT2D eigenvalue weighted by atomic mass is 16.5. The number of hydrogen-bond acceptors (Lipinski definition) is 7. The van der Waals surface area contributed by atoms with E-state index in [9.17, 15) is 24.0 Å². The second-order valence-electron chi connectivity index (χ2n) is 9.91. The molecular formula is C28H36N2O7. The number of hydrogen-bond donors (Lipinski definition) is 1. The van der Waals surface area contributed by atoms with Gasteiger partial charge >= 0.3 is 5.97 Å². The number of allylic oxidation sites excluding steroid dienone is 1. The van der Waals surface area contributed by atoms with Crippen LogP contribution in [0.15, 0.2) is 41.5 Å². The maximum atomic E-state index is 13.3. The van der Waals surface area contributed by atoms with Crippen LogP contribution in [0.3, 0.4) is 0 Å². The standard InChI is InChI=1S/C28H36N2O7/c1-16(2)12-13-37-20-10-8-19(9-11-20)23-21(14-17(3)4)26(33)30(27(23)34)15-22(31)25(32)29-24(18(5)6)28(35)36-7/h8-12,17-18,24H,13-15H2,1-7H3,(H,29,32). The van der Waals surface area contributed by atoms with E-state index in [0.29, 0.717) is 29.9 Å². The minimum absolute atomic E-state index is 0.0687. The Hall–Kier alpha value is -3.75. The molecule has 1 aliphatic heterocycles. The molecule has 0 aliphatic carbocycles. The van der Waals surface area contributed by atoms with E-state index in [1.165, 1.54) is 7.11 Å². The van der Waals surface area contributed by atoms with Gasteiger partial charge in [0.1, 0.15) is 18.4 Å². The molecule has 37 heavy (non-hydrogen) atoms. The zero-order valence-corrected chi connectivity index (χ0v) is 22.5. The Labute approximate surface area is 217 Å². The molecule has 1 aromatic carbocycles. The van der Waals surface area contributed by atoms with Crippen LogP contribution < -0.4 is 10.1 Å². The number of imide groups is 1. The van der Waals surface area contributed by atoms with Gasteiger partial charge in [0.25, 0.3) is 17.7 Å². The third-order valence-corrected chi connectivity index (χ3v) is 5.72. The number of methoxy groups -OCH3 is 1. The maximum Gasteiger partial charge on any atom is 0.328 e. The summed E-state index contributed by atoms with van der Waals surface area (Å²) in [5.41, 5.74) is 2.15. The first-order chi connectivity index (χ1) is 17.4. The summed E-state index contributed by atoms with van der Waals surface area (Å²) < 4.78 is 10.3. The number of ether oxygens (including phenoxy) is 2. The van der Waals surface area contributed by atoms with E-state index in [-0.39, 0.29) is 17.4 Å². The van der Waals surface area contributed by atoms with E-state index in [4.69, 9.17) is 4.74 Å². The van der Waals surface area contributed by atoms with Crippen molar-refractivity contribution in [2.45, 2.75) is 54.0 Å². The van der Waals surface area contributed by atoms with Crippen molar-refractivity contribution in [3.05, 3.63) is 47.1 Å². The van der Waals surface area contributed by atoms with Crippen LogP contribution in [0.2, 0.25) is 0 Å². The SMILES string of the molecule is COC(=O)C(NC(=O)C(=O)CN1C(=O)C(CC(C)C)=C(c2ccc(OCC=C(C)C)cc2)C1=O)C(C)C. The molecule has 9 heteroatoms. The Morgan fingerprint density at radius 1 is 1.00 bits per heavy atom. The van der Waals surface area contributed by atoms with Crippen molar-refractivity contribution in [1.82, 2.24) is 10.2 Å². The Morgan fingerprint density at radius 3 is 2.14 bits per heavy atom. The normalized spacial score (nSPS) is 14.2. The van der Waals surface area contributed by atoms with Crippen molar-refractivity contribution in [2.75, 3.05) is 20.3 Å². The molecule has 0 fully saturated rings. The number of carbonyl (C=O) groups excluding carboxylic acids is 5. The Balaban J connectivity index is 2.25. The number of benzene rings is 1. The van der Waals surface area contributed by atoms with Crippen molar-refractivity contribution in [3.8, 4) is 5.75 Å². The summed E-state index contributed by atoms with van der Waals surface area (Å²) >= 11 is 0. The summed E-state index contributed by atoms with van der Waals surface area (Å²) in [6.45, 7) is 10.8. The van der Waals surface area contributed by atoms with Gasteiger partial charge in [-0.1, -0.05) is 45.4 Å². The molecule has 9 nitrogen and oxygen atoms in total. The van der Waals surface area contributed by atoms with E-state index in [1.54, 1.807) is 38.1 Å². The molecule has 0 spiro atoms. The minimum atomic E-state index is -1.07. The third-order valence-electron chi connectivity index (χ3n) is 5.72. The van der Waals surface area contributed by atoms with Crippen molar-refractivity contribution < 1.29 is 33.4 Å². The van der Waals surface area contributed by atoms with Gasteiger partial charge < -0.3 is 14.8 Å². The lowest BCUT2D eigenvalue weighted by Gasteiger charge is -2.20. The van der Waals surface area contributed by atoms with Crippen molar-refractivity contribution in [3.63, 3.8) is 0 Å². The van der Waals surface area contributed by atoms with Crippen molar-refractivity contribution in [1.29, 1.82) is 0 Å². The van der Waals surface area contributed by atoms with Crippen LogP contribution in [0.25, 0.3) is 5.57 Å². The average Bonchev–Trinajstić information content (AvgIpc) is 3.05. The molecule has 0 saturated carbocycles. The fourth-order valence-corrected chi connectivity index (χ4v) is 3.75. The van der Waals surface area contributed by atoms with Crippen LogP contribution in [-0.4, -0.2) is 60.7 Å². The van der Waals surface area contributed by atoms with E-state index in [0.717, 1.165) is 10.5 Å². The number of nitrogens with zero attached hydrogens (tertiary/aromatic N) is 1. The van der Waals surface area contributed by atoms with E-state index >= 15 is 0 Å². The largest absolute Gasteiger partial charge is 0.490 e. The molecule has 1 unspecified atom stereocenters. The number of amides is 3. The van der Waals surface area contributed by atoms with Gasteiger partial charge in [-0.25, -0.2) is 4.79 Å². The maximum absolute atomic E-state index is 13.3. The molecular weight excluding hydrogens is 476 g/mol. The lowest BCUT2D eigenvalue weighted by atomic mass is 9.95. The summed E-state index contributed by atoms with van der Waals surface area (Å²) in [6, 6.07) is 5.78. The summed E-state index contributed by atoms with van der Waals surface area (Å²) in [5, 5.41) is 2.34. The highest BCUT2D eigenvalue weighted by molar-refractivity contribution is 6.41. The van der Waals surface area contributed by atoms with Crippen LogP contribution in [-0.2, 0) is 28.7 Å². The number of nitrogens with one attached hydrogen (secondary N) is 1. The highest BCUT2D eigenvalue weighted by Gasteiger charge is 2.41. The summed E-state index contributed by atoms with van der Waals surface area (Å²) in [6.07, 6.45) is 2.27. The first kappa shape index (κ1) is 29.5. The first-order valence-corrected chi connectivity index (χ1v) is 12.2. The van der Waals surface area contributed by atoms with Gasteiger partial charge in [-0.05, 0) is 55.9 Å². The predicted molar refractivity (Wildman–Crippen MR) is 138 cm³/mol. The fraction of sp³-hybridized carbons (Fsp3) is 0.464. The summed E-state index contributed by atoms with van der Waals surface area (Å²) in [7, 11) is 1.18. The van der Waals surface area contributed by atoms with Crippen LogP contribution >= 0.6 is 0 Å². The Bertz CT molecular complexity index is 1110. The zero-order chi connectivity index (χ0) is 27.9. The molecule has 0 radical (unpaired) electrons. The average molecular weight is 513 g/mol. The topological polar surface area (TPSA) is 119 Å². The Morgan fingerprint density at radius 2 is 1.62 bits per heavy atom. The van der Waals surface area contributed by atoms with E-state index in [1.807, 2.05) is 33.8 Å². The monoisotopic (exact) mass is 512 g/mol. The summed E-state index contributed by atoms with van der Waals surface area (Å²) in [4.78, 5) is 64.4. The lowest BCUT2D eigenvalue weighted by Crippen LogP contribution is -2.50. The van der Waals surface area contributed by atoms with Gasteiger partial charge in [0.2, 0.25) is 5.78 Å². The smallest absolute Gasteiger partial charge is 0.328 e. The quantitative estimate of drug-likeness (QED) is 0.198. The first-order valence-electron chi connectivity index (χ1n) is 12.2. The second kappa shape index (κ2) is 13.0.